The number of hydrogen-bond acceptors (Lipinski definition) is 8. The summed E-state index contributed by atoms with van der Waals surface area (Å²) in [4.78, 5) is 25.6. The van der Waals surface area contributed by atoms with E-state index in [0.717, 1.165) is 11.3 Å². The van der Waals surface area contributed by atoms with E-state index in [0.29, 0.717) is 11.9 Å². The Kier molecular flexibility index (Phi) is 4.55. The fourth-order valence-corrected chi connectivity index (χ4v) is 1.90. The van der Waals surface area contributed by atoms with Crippen molar-refractivity contribution in [2.45, 2.75) is 6.92 Å². The average molecular weight is 339 g/mol. The maximum Gasteiger partial charge on any atom is 0.330 e. The molecule has 0 aliphatic carbocycles. The summed E-state index contributed by atoms with van der Waals surface area (Å²) in [7, 11) is 3.63. The van der Waals surface area contributed by atoms with E-state index in [2.05, 4.69) is 30.5 Å². The maximum atomic E-state index is 11.1. The zero-order chi connectivity index (χ0) is 17.8. The number of rotatable bonds is 5. The third-order valence-electron chi connectivity index (χ3n) is 3.16. The summed E-state index contributed by atoms with van der Waals surface area (Å²) in [6, 6.07) is 10.6. The molecule has 2 heterocycles. The molecule has 0 saturated heterocycles. The molecule has 128 valence electrons. The first kappa shape index (κ1) is 16.4. The van der Waals surface area contributed by atoms with Crippen LogP contribution in [0.15, 0.2) is 41.2 Å². The number of aromatic nitrogens is 5. The van der Waals surface area contributed by atoms with Crippen LogP contribution in [-0.4, -0.2) is 39.2 Å². The lowest BCUT2D eigenvalue weighted by atomic mass is 10.2. The highest BCUT2D eigenvalue weighted by molar-refractivity contribution is 5.55. The summed E-state index contributed by atoms with van der Waals surface area (Å²) in [5.41, 5.74) is 1.68. The number of anilines is 3. The van der Waals surface area contributed by atoms with Gasteiger partial charge < -0.3 is 15.0 Å². The molecule has 0 amide bonds. The molecule has 2 N–H and O–H groups in total. The van der Waals surface area contributed by atoms with E-state index >= 15 is 0 Å². The van der Waals surface area contributed by atoms with Crippen molar-refractivity contribution in [1.29, 1.82) is 0 Å². The number of ether oxygens (including phenoxy) is 1. The molecule has 0 aliphatic heterocycles. The van der Waals surface area contributed by atoms with E-state index in [4.69, 9.17) is 4.74 Å². The molecule has 3 rings (SSSR count). The molecule has 9 heteroatoms. The van der Waals surface area contributed by atoms with E-state index in [1.165, 1.54) is 12.1 Å². The van der Waals surface area contributed by atoms with Crippen LogP contribution in [-0.2, 0) is 0 Å². The molecule has 3 aromatic rings. The van der Waals surface area contributed by atoms with Crippen molar-refractivity contribution in [3.63, 3.8) is 0 Å². The van der Waals surface area contributed by atoms with Crippen molar-refractivity contribution in [3.05, 3.63) is 52.3 Å². The molecule has 0 unspecified atom stereocenters. The highest BCUT2D eigenvalue weighted by Crippen LogP contribution is 2.20. The Morgan fingerprint density at radius 3 is 2.44 bits per heavy atom. The minimum atomic E-state index is -0.321. The highest BCUT2D eigenvalue weighted by Gasteiger charge is 2.11. The fourth-order valence-electron chi connectivity index (χ4n) is 1.90. The predicted molar refractivity (Wildman–Crippen MR) is 93.5 cm³/mol. The molecule has 1 aromatic carbocycles. The molecule has 0 aliphatic rings. The number of nitrogens with zero attached hydrogens (tertiary/aromatic N) is 5. The van der Waals surface area contributed by atoms with Crippen molar-refractivity contribution in [3.8, 4) is 11.9 Å². The molecule has 0 bridgehead atoms. The van der Waals surface area contributed by atoms with E-state index < -0.39 is 0 Å². The van der Waals surface area contributed by atoms with Crippen molar-refractivity contribution in [1.82, 2.24) is 25.1 Å². The molecular formula is C16H17N7O2. The minimum absolute atomic E-state index is 0.0628. The van der Waals surface area contributed by atoms with E-state index in [1.54, 1.807) is 4.90 Å². The molecule has 0 spiro atoms. The van der Waals surface area contributed by atoms with Gasteiger partial charge in [0, 0.05) is 31.9 Å². The largest absolute Gasteiger partial charge is 0.403 e. The molecule has 0 radical (unpaired) electrons. The van der Waals surface area contributed by atoms with Crippen LogP contribution in [0.5, 0.6) is 11.9 Å². The summed E-state index contributed by atoms with van der Waals surface area (Å²) < 4.78 is 5.51. The van der Waals surface area contributed by atoms with Gasteiger partial charge in [-0.05, 0) is 19.1 Å². The first-order valence-electron chi connectivity index (χ1n) is 7.50. The average Bonchev–Trinajstić information content (AvgIpc) is 2.59. The van der Waals surface area contributed by atoms with Crippen LogP contribution < -0.4 is 20.5 Å². The van der Waals surface area contributed by atoms with Gasteiger partial charge in [0.05, 0.1) is 0 Å². The number of H-pyrrole nitrogens is 1. The zero-order valence-corrected chi connectivity index (χ0v) is 14.0. The van der Waals surface area contributed by atoms with Crippen LogP contribution in [0.1, 0.15) is 5.56 Å². The predicted octanol–water partition coefficient (Wildman–Crippen LogP) is 1.87. The van der Waals surface area contributed by atoms with Crippen LogP contribution in [0, 0.1) is 6.92 Å². The maximum absolute atomic E-state index is 11.1. The Bertz CT molecular complexity index is 902. The molecular weight excluding hydrogens is 322 g/mol. The Morgan fingerprint density at radius 1 is 1.04 bits per heavy atom. The van der Waals surface area contributed by atoms with Crippen LogP contribution in [0.4, 0.5) is 17.6 Å². The number of hydrogen-bond donors (Lipinski definition) is 2. The lowest BCUT2D eigenvalue weighted by molar-refractivity contribution is 0.417. The Labute approximate surface area is 143 Å². The zero-order valence-electron chi connectivity index (χ0n) is 14.0. The number of benzene rings is 1. The third-order valence-corrected chi connectivity index (χ3v) is 3.16. The summed E-state index contributed by atoms with van der Waals surface area (Å²) in [5, 5.41) is 9.18. The highest BCUT2D eigenvalue weighted by atomic mass is 16.5. The van der Waals surface area contributed by atoms with Crippen molar-refractivity contribution < 1.29 is 4.74 Å². The van der Waals surface area contributed by atoms with Crippen molar-refractivity contribution >= 4 is 17.6 Å². The molecule has 0 fully saturated rings. The standard InChI is InChI=1S/C16H17N7O2/c1-10-4-6-11(7-5-10)17-14-18-15(23(2)3)20-16(19-14)25-13-9-8-12(24)21-22-13/h4-9H,1-3H3,(H,21,24)(H,17,18,19,20). The first-order chi connectivity index (χ1) is 12.0. The SMILES string of the molecule is Cc1ccc(Nc2nc(Oc3ccc(=O)[nH]n3)nc(N(C)C)n2)cc1. The van der Waals surface area contributed by atoms with Gasteiger partial charge in [0.25, 0.3) is 5.56 Å². The normalized spacial score (nSPS) is 10.4. The number of aryl methyl sites for hydroxylation is 1. The lowest BCUT2D eigenvalue weighted by Gasteiger charge is -2.13. The Balaban J connectivity index is 1.89. The van der Waals surface area contributed by atoms with E-state index in [-0.39, 0.29) is 17.4 Å². The monoisotopic (exact) mass is 339 g/mol. The van der Waals surface area contributed by atoms with Gasteiger partial charge in [-0.2, -0.15) is 15.0 Å². The summed E-state index contributed by atoms with van der Waals surface area (Å²) in [5.74, 6) is 0.933. The Hall–Kier alpha value is -3.49. The van der Waals surface area contributed by atoms with Crippen LogP contribution in [0.25, 0.3) is 0 Å². The molecule has 25 heavy (non-hydrogen) atoms. The van der Waals surface area contributed by atoms with E-state index in [9.17, 15) is 4.79 Å². The summed E-state index contributed by atoms with van der Waals surface area (Å²) in [6.45, 7) is 2.01. The summed E-state index contributed by atoms with van der Waals surface area (Å²) >= 11 is 0. The number of aromatic amines is 1. The molecule has 2 aromatic heterocycles. The van der Waals surface area contributed by atoms with Gasteiger partial charge in [-0.15, -0.1) is 5.10 Å². The quantitative estimate of drug-likeness (QED) is 0.725. The van der Waals surface area contributed by atoms with Gasteiger partial charge in [0.1, 0.15) is 0 Å². The third kappa shape index (κ3) is 4.28. The number of nitrogens with one attached hydrogen (secondary N) is 2. The van der Waals surface area contributed by atoms with Gasteiger partial charge in [-0.25, -0.2) is 5.10 Å². The van der Waals surface area contributed by atoms with Crippen LogP contribution >= 0.6 is 0 Å². The molecule has 9 nitrogen and oxygen atoms in total. The van der Waals surface area contributed by atoms with Crippen LogP contribution in [0.3, 0.4) is 0 Å². The van der Waals surface area contributed by atoms with Gasteiger partial charge in [-0.3, -0.25) is 4.79 Å². The molecule has 0 saturated carbocycles. The first-order valence-corrected chi connectivity index (χ1v) is 7.50. The molecule has 0 atom stereocenters. The van der Waals surface area contributed by atoms with Gasteiger partial charge >= 0.3 is 6.01 Å². The topological polar surface area (TPSA) is 109 Å². The minimum Gasteiger partial charge on any atom is -0.403 e. The van der Waals surface area contributed by atoms with Gasteiger partial charge in [0.15, 0.2) is 0 Å². The summed E-state index contributed by atoms with van der Waals surface area (Å²) in [6.07, 6.45) is 0. The fraction of sp³-hybridized carbons (Fsp3) is 0.188. The second-order valence-corrected chi connectivity index (χ2v) is 5.49. The lowest BCUT2D eigenvalue weighted by Crippen LogP contribution is -2.15. The van der Waals surface area contributed by atoms with Crippen molar-refractivity contribution in [2.24, 2.45) is 0 Å². The Morgan fingerprint density at radius 2 is 1.80 bits per heavy atom. The second-order valence-electron chi connectivity index (χ2n) is 5.49. The second kappa shape index (κ2) is 6.95. The van der Waals surface area contributed by atoms with Gasteiger partial charge in [-0.1, -0.05) is 17.7 Å². The van der Waals surface area contributed by atoms with Crippen molar-refractivity contribution in [2.75, 3.05) is 24.3 Å². The smallest absolute Gasteiger partial charge is 0.330 e. The van der Waals surface area contributed by atoms with E-state index in [1.807, 2.05) is 45.3 Å². The van der Waals surface area contributed by atoms with Gasteiger partial charge in [0.2, 0.25) is 17.8 Å². The van der Waals surface area contributed by atoms with Crippen LogP contribution in [0.2, 0.25) is 0 Å².